The van der Waals surface area contributed by atoms with Crippen LogP contribution in [-0.2, 0) is 9.53 Å². The van der Waals surface area contributed by atoms with Crippen LogP contribution in [0.1, 0.15) is 31.2 Å². The predicted octanol–water partition coefficient (Wildman–Crippen LogP) is 4.05. The molecule has 0 saturated heterocycles. The Labute approximate surface area is 124 Å². The van der Waals surface area contributed by atoms with Gasteiger partial charge in [0.25, 0.3) is 0 Å². The van der Waals surface area contributed by atoms with Gasteiger partial charge in [0.2, 0.25) is 0 Å². The van der Waals surface area contributed by atoms with Crippen molar-refractivity contribution in [2.75, 3.05) is 24.9 Å². The molecule has 0 aliphatic heterocycles. The number of anilines is 1. The molecule has 0 amide bonds. The van der Waals surface area contributed by atoms with Gasteiger partial charge in [0.15, 0.2) is 0 Å². The van der Waals surface area contributed by atoms with E-state index in [4.69, 9.17) is 27.9 Å². The van der Waals surface area contributed by atoms with E-state index in [0.717, 1.165) is 30.6 Å². The summed E-state index contributed by atoms with van der Waals surface area (Å²) in [6, 6.07) is 5.60. The lowest BCUT2D eigenvalue weighted by atomic mass is 10.0. The molecule has 106 valence electrons. The van der Waals surface area contributed by atoms with Crippen LogP contribution in [0, 0.1) is 0 Å². The van der Waals surface area contributed by atoms with Crippen LogP contribution in [0.15, 0.2) is 18.2 Å². The number of halogens is 2. The number of methoxy groups -OCH3 is 1. The van der Waals surface area contributed by atoms with Gasteiger partial charge in [-0.25, -0.2) is 0 Å². The highest BCUT2D eigenvalue weighted by atomic mass is 35.5. The van der Waals surface area contributed by atoms with Crippen LogP contribution < -0.4 is 5.32 Å². The maximum absolute atomic E-state index is 11.5. The summed E-state index contributed by atoms with van der Waals surface area (Å²) in [7, 11) is 1.37. The van der Waals surface area contributed by atoms with Crippen molar-refractivity contribution in [2.45, 2.75) is 25.7 Å². The molecule has 0 spiro atoms. The maximum atomic E-state index is 11.5. The second-order valence-electron chi connectivity index (χ2n) is 4.30. The number of nitrogens with one attached hydrogen (secondary N) is 1. The summed E-state index contributed by atoms with van der Waals surface area (Å²) in [5.74, 6) is 0.0328. The van der Waals surface area contributed by atoms with Crippen molar-refractivity contribution in [1.29, 1.82) is 0 Å². The van der Waals surface area contributed by atoms with E-state index in [0.29, 0.717) is 10.9 Å². The first kappa shape index (κ1) is 16.1. The zero-order valence-corrected chi connectivity index (χ0v) is 12.7. The standard InChI is InChI=1S/C14H19Cl2NO2/c1-10(14(18)19-2)12-6-5-11(9-13(12)16)17-8-4-3-7-15/h5-6,9-10,17H,3-4,7-8H2,1-2H3. The van der Waals surface area contributed by atoms with E-state index >= 15 is 0 Å². The Morgan fingerprint density at radius 2 is 2.16 bits per heavy atom. The molecule has 0 aromatic heterocycles. The molecule has 0 bridgehead atoms. The lowest BCUT2D eigenvalue weighted by Crippen LogP contribution is -2.11. The van der Waals surface area contributed by atoms with Crippen LogP contribution in [0.5, 0.6) is 0 Å². The first-order valence-corrected chi connectivity index (χ1v) is 7.18. The molecule has 1 N–H and O–H groups in total. The van der Waals surface area contributed by atoms with Crippen LogP contribution in [-0.4, -0.2) is 25.5 Å². The van der Waals surface area contributed by atoms with Crippen molar-refractivity contribution in [2.24, 2.45) is 0 Å². The summed E-state index contributed by atoms with van der Waals surface area (Å²) in [5.41, 5.74) is 1.72. The Hall–Kier alpha value is -0.930. The fourth-order valence-electron chi connectivity index (χ4n) is 1.74. The number of hydrogen-bond donors (Lipinski definition) is 1. The minimum absolute atomic E-state index is 0.287. The molecule has 1 atom stereocenters. The minimum Gasteiger partial charge on any atom is -0.469 e. The third-order valence-electron chi connectivity index (χ3n) is 2.91. The molecular weight excluding hydrogens is 285 g/mol. The summed E-state index contributed by atoms with van der Waals surface area (Å²) < 4.78 is 4.72. The van der Waals surface area contributed by atoms with Gasteiger partial charge < -0.3 is 10.1 Å². The number of unbranched alkanes of at least 4 members (excludes halogenated alkanes) is 1. The number of carbonyl (C=O) groups is 1. The van der Waals surface area contributed by atoms with Crippen molar-refractivity contribution in [3.63, 3.8) is 0 Å². The van der Waals surface area contributed by atoms with Gasteiger partial charge in [0.05, 0.1) is 13.0 Å². The summed E-state index contributed by atoms with van der Waals surface area (Å²) in [6.07, 6.45) is 2.00. The lowest BCUT2D eigenvalue weighted by molar-refractivity contribution is -0.141. The topological polar surface area (TPSA) is 38.3 Å². The number of alkyl halides is 1. The molecular formula is C14H19Cl2NO2. The van der Waals surface area contributed by atoms with E-state index in [-0.39, 0.29) is 11.9 Å². The third-order valence-corrected chi connectivity index (χ3v) is 3.51. The first-order chi connectivity index (χ1) is 9.10. The molecule has 0 heterocycles. The Balaban J connectivity index is 2.66. The summed E-state index contributed by atoms with van der Waals surface area (Å²) in [4.78, 5) is 11.5. The highest BCUT2D eigenvalue weighted by Gasteiger charge is 2.18. The average molecular weight is 304 g/mol. The zero-order chi connectivity index (χ0) is 14.3. The number of ether oxygens (including phenoxy) is 1. The number of esters is 1. The molecule has 5 heteroatoms. The van der Waals surface area contributed by atoms with Gasteiger partial charge in [0.1, 0.15) is 0 Å². The molecule has 0 saturated carbocycles. The Morgan fingerprint density at radius 3 is 2.74 bits per heavy atom. The predicted molar refractivity (Wildman–Crippen MR) is 80.3 cm³/mol. The van der Waals surface area contributed by atoms with Crippen LogP contribution in [0.4, 0.5) is 5.69 Å². The molecule has 0 aliphatic rings. The van der Waals surface area contributed by atoms with Crippen LogP contribution >= 0.6 is 23.2 Å². The second kappa shape index (κ2) is 8.28. The van der Waals surface area contributed by atoms with Crippen LogP contribution in [0.2, 0.25) is 5.02 Å². The van der Waals surface area contributed by atoms with Crippen molar-refractivity contribution >= 4 is 34.9 Å². The first-order valence-electron chi connectivity index (χ1n) is 6.27. The lowest BCUT2D eigenvalue weighted by Gasteiger charge is -2.13. The molecule has 1 aromatic rings. The molecule has 0 fully saturated rings. The summed E-state index contributed by atoms with van der Waals surface area (Å²) in [5, 5.41) is 3.84. The van der Waals surface area contributed by atoms with E-state index < -0.39 is 0 Å². The zero-order valence-electron chi connectivity index (χ0n) is 11.2. The van der Waals surface area contributed by atoms with Gasteiger partial charge in [-0.15, -0.1) is 11.6 Å². The number of hydrogen-bond acceptors (Lipinski definition) is 3. The highest BCUT2D eigenvalue weighted by Crippen LogP contribution is 2.28. The minimum atomic E-state index is -0.359. The number of carbonyl (C=O) groups excluding carboxylic acids is 1. The summed E-state index contributed by atoms with van der Waals surface area (Å²) >= 11 is 11.8. The molecule has 3 nitrogen and oxygen atoms in total. The normalized spacial score (nSPS) is 12.0. The SMILES string of the molecule is COC(=O)C(C)c1ccc(NCCCCCl)cc1Cl. The number of rotatable bonds is 7. The van der Waals surface area contributed by atoms with E-state index in [1.807, 2.05) is 18.2 Å². The molecule has 0 aliphatic carbocycles. The molecule has 19 heavy (non-hydrogen) atoms. The molecule has 1 aromatic carbocycles. The van der Waals surface area contributed by atoms with E-state index in [1.54, 1.807) is 6.92 Å². The van der Waals surface area contributed by atoms with E-state index in [1.165, 1.54) is 7.11 Å². The largest absolute Gasteiger partial charge is 0.469 e. The highest BCUT2D eigenvalue weighted by molar-refractivity contribution is 6.32. The Bertz CT molecular complexity index is 424. The smallest absolute Gasteiger partial charge is 0.312 e. The average Bonchev–Trinajstić information content (AvgIpc) is 2.42. The van der Waals surface area contributed by atoms with Crippen molar-refractivity contribution in [3.05, 3.63) is 28.8 Å². The van der Waals surface area contributed by atoms with Gasteiger partial charge in [-0.05, 0) is 37.5 Å². The van der Waals surface area contributed by atoms with Gasteiger partial charge >= 0.3 is 5.97 Å². The van der Waals surface area contributed by atoms with E-state index in [9.17, 15) is 4.79 Å². The van der Waals surface area contributed by atoms with E-state index in [2.05, 4.69) is 5.32 Å². The third kappa shape index (κ3) is 4.92. The Kier molecular flexibility index (Phi) is 7.03. The fraction of sp³-hybridized carbons (Fsp3) is 0.500. The Morgan fingerprint density at radius 1 is 1.42 bits per heavy atom. The fourth-order valence-corrected chi connectivity index (χ4v) is 2.28. The second-order valence-corrected chi connectivity index (χ2v) is 5.09. The molecule has 1 rings (SSSR count). The van der Waals surface area contributed by atoms with Gasteiger partial charge in [-0.3, -0.25) is 4.79 Å². The van der Waals surface area contributed by atoms with Crippen molar-refractivity contribution < 1.29 is 9.53 Å². The maximum Gasteiger partial charge on any atom is 0.312 e. The van der Waals surface area contributed by atoms with Gasteiger partial charge in [-0.1, -0.05) is 17.7 Å². The van der Waals surface area contributed by atoms with Crippen molar-refractivity contribution in [3.8, 4) is 0 Å². The van der Waals surface area contributed by atoms with Crippen LogP contribution in [0.3, 0.4) is 0 Å². The quantitative estimate of drug-likeness (QED) is 0.469. The van der Waals surface area contributed by atoms with Crippen LogP contribution in [0.25, 0.3) is 0 Å². The van der Waals surface area contributed by atoms with Gasteiger partial charge in [-0.2, -0.15) is 0 Å². The van der Waals surface area contributed by atoms with Gasteiger partial charge in [0, 0.05) is 23.1 Å². The summed E-state index contributed by atoms with van der Waals surface area (Å²) in [6.45, 7) is 2.63. The number of benzene rings is 1. The molecule has 1 unspecified atom stereocenters. The monoisotopic (exact) mass is 303 g/mol. The molecule has 0 radical (unpaired) electrons. The van der Waals surface area contributed by atoms with Crippen molar-refractivity contribution in [1.82, 2.24) is 0 Å².